The highest BCUT2D eigenvalue weighted by Crippen LogP contribution is 2.23. The van der Waals surface area contributed by atoms with Gasteiger partial charge in [0.1, 0.15) is 0 Å². The van der Waals surface area contributed by atoms with E-state index in [4.69, 9.17) is 0 Å². The minimum absolute atomic E-state index is 0.130. The third kappa shape index (κ3) is 4.66. The standard InChI is InChI=1S/C16H16Br2N2O/c1-20(2)10-11-3-6-13(7-4-11)19-16(21)14-8-5-12(17)9-15(14)18/h3-9H,10H2,1-2H3,(H,19,21). The zero-order valence-electron chi connectivity index (χ0n) is 11.9. The molecule has 0 unspecified atom stereocenters. The SMILES string of the molecule is CN(C)Cc1ccc(NC(=O)c2ccc(Br)cc2Br)cc1. The van der Waals surface area contributed by atoms with Crippen LogP contribution in [-0.2, 0) is 6.54 Å². The number of hydrogen-bond donors (Lipinski definition) is 1. The van der Waals surface area contributed by atoms with Crippen molar-refractivity contribution in [2.75, 3.05) is 19.4 Å². The van der Waals surface area contributed by atoms with E-state index >= 15 is 0 Å². The molecule has 2 aromatic carbocycles. The van der Waals surface area contributed by atoms with Gasteiger partial charge in [0.15, 0.2) is 0 Å². The third-order valence-electron chi connectivity index (χ3n) is 2.89. The van der Waals surface area contributed by atoms with E-state index in [1.165, 1.54) is 5.56 Å². The number of benzene rings is 2. The number of rotatable bonds is 4. The fraction of sp³-hybridized carbons (Fsp3) is 0.188. The molecule has 0 aromatic heterocycles. The molecule has 0 aliphatic heterocycles. The molecule has 5 heteroatoms. The summed E-state index contributed by atoms with van der Waals surface area (Å²) in [6, 6.07) is 13.4. The number of hydrogen-bond acceptors (Lipinski definition) is 2. The lowest BCUT2D eigenvalue weighted by atomic mass is 10.1. The maximum atomic E-state index is 12.2. The second-order valence-corrected chi connectivity index (χ2v) is 6.78. The molecule has 0 heterocycles. The van der Waals surface area contributed by atoms with Crippen LogP contribution >= 0.6 is 31.9 Å². The Bertz CT molecular complexity index is 639. The molecule has 0 spiro atoms. The summed E-state index contributed by atoms with van der Waals surface area (Å²) in [5.74, 6) is -0.130. The van der Waals surface area contributed by atoms with Crippen LogP contribution in [0.1, 0.15) is 15.9 Å². The minimum atomic E-state index is -0.130. The van der Waals surface area contributed by atoms with Crippen LogP contribution in [0.4, 0.5) is 5.69 Å². The quantitative estimate of drug-likeness (QED) is 0.801. The fourth-order valence-electron chi connectivity index (χ4n) is 1.93. The second kappa shape index (κ2) is 7.20. The molecular weight excluding hydrogens is 396 g/mol. The van der Waals surface area contributed by atoms with Gasteiger partial charge in [0.25, 0.3) is 5.91 Å². The van der Waals surface area contributed by atoms with Gasteiger partial charge < -0.3 is 10.2 Å². The lowest BCUT2D eigenvalue weighted by Gasteiger charge is -2.11. The highest BCUT2D eigenvalue weighted by atomic mass is 79.9. The summed E-state index contributed by atoms with van der Waals surface area (Å²) in [4.78, 5) is 14.3. The van der Waals surface area contributed by atoms with Gasteiger partial charge in [-0.1, -0.05) is 28.1 Å². The number of anilines is 1. The van der Waals surface area contributed by atoms with Crippen LogP contribution in [0.3, 0.4) is 0 Å². The zero-order chi connectivity index (χ0) is 15.4. The zero-order valence-corrected chi connectivity index (χ0v) is 15.0. The Morgan fingerprint density at radius 3 is 2.33 bits per heavy atom. The number of nitrogens with one attached hydrogen (secondary N) is 1. The van der Waals surface area contributed by atoms with Crippen LogP contribution in [0.25, 0.3) is 0 Å². The predicted octanol–water partition coefficient (Wildman–Crippen LogP) is 4.53. The second-order valence-electron chi connectivity index (χ2n) is 5.01. The van der Waals surface area contributed by atoms with Crippen LogP contribution in [-0.4, -0.2) is 24.9 Å². The van der Waals surface area contributed by atoms with Crippen LogP contribution in [0.15, 0.2) is 51.4 Å². The fourth-order valence-corrected chi connectivity index (χ4v) is 3.16. The summed E-state index contributed by atoms with van der Waals surface area (Å²) in [6.45, 7) is 0.881. The summed E-state index contributed by atoms with van der Waals surface area (Å²) < 4.78 is 1.69. The van der Waals surface area contributed by atoms with Gasteiger partial charge in [0.2, 0.25) is 0 Å². The summed E-state index contributed by atoms with van der Waals surface area (Å²) in [5.41, 5.74) is 2.61. The van der Waals surface area contributed by atoms with Crippen molar-refractivity contribution in [1.82, 2.24) is 4.90 Å². The maximum Gasteiger partial charge on any atom is 0.256 e. The first kappa shape index (κ1) is 16.2. The van der Waals surface area contributed by atoms with Crippen molar-refractivity contribution in [1.29, 1.82) is 0 Å². The van der Waals surface area contributed by atoms with E-state index in [1.807, 2.05) is 50.5 Å². The normalized spacial score (nSPS) is 10.7. The highest BCUT2D eigenvalue weighted by Gasteiger charge is 2.10. The first-order valence-corrected chi connectivity index (χ1v) is 8.04. The average molecular weight is 412 g/mol. The van der Waals surface area contributed by atoms with Gasteiger partial charge in [-0.3, -0.25) is 4.79 Å². The summed E-state index contributed by atoms with van der Waals surface area (Å²) in [5, 5.41) is 2.90. The van der Waals surface area contributed by atoms with Gasteiger partial charge in [-0.25, -0.2) is 0 Å². The van der Waals surface area contributed by atoms with Crippen molar-refractivity contribution in [2.45, 2.75) is 6.54 Å². The molecule has 21 heavy (non-hydrogen) atoms. The van der Waals surface area contributed by atoms with Gasteiger partial charge in [0, 0.05) is 21.2 Å². The largest absolute Gasteiger partial charge is 0.322 e. The maximum absolute atomic E-state index is 12.2. The van der Waals surface area contributed by atoms with Crippen LogP contribution < -0.4 is 5.32 Å². The number of halogens is 2. The minimum Gasteiger partial charge on any atom is -0.322 e. The van der Waals surface area contributed by atoms with E-state index < -0.39 is 0 Å². The Morgan fingerprint density at radius 2 is 1.76 bits per heavy atom. The summed E-state index contributed by atoms with van der Waals surface area (Å²) in [7, 11) is 4.06. The topological polar surface area (TPSA) is 32.3 Å². The van der Waals surface area contributed by atoms with Gasteiger partial charge in [-0.2, -0.15) is 0 Å². The monoisotopic (exact) mass is 410 g/mol. The molecule has 0 bridgehead atoms. The van der Waals surface area contributed by atoms with Crippen LogP contribution in [0.5, 0.6) is 0 Å². The Hall–Kier alpha value is -1.17. The van der Waals surface area contributed by atoms with Crippen molar-refractivity contribution < 1.29 is 4.79 Å². The van der Waals surface area contributed by atoms with Gasteiger partial charge in [-0.05, 0) is 65.9 Å². The average Bonchev–Trinajstić information content (AvgIpc) is 2.40. The van der Waals surface area contributed by atoms with Gasteiger partial charge in [0.05, 0.1) is 5.56 Å². The molecule has 2 aromatic rings. The van der Waals surface area contributed by atoms with E-state index in [9.17, 15) is 4.79 Å². The molecule has 0 radical (unpaired) electrons. The van der Waals surface area contributed by atoms with E-state index in [-0.39, 0.29) is 5.91 Å². The third-order valence-corrected chi connectivity index (χ3v) is 4.04. The van der Waals surface area contributed by atoms with E-state index in [0.717, 1.165) is 21.2 Å². The Labute approximate surface area is 141 Å². The molecule has 0 atom stereocenters. The molecule has 1 N–H and O–H groups in total. The molecule has 3 nitrogen and oxygen atoms in total. The van der Waals surface area contributed by atoms with Gasteiger partial charge in [-0.15, -0.1) is 0 Å². The van der Waals surface area contributed by atoms with Crippen molar-refractivity contribution in [3.63, 3.8) is 0 Å². The van der Waals surface area contributed by atoms with E-state index in [1.54, 1.807) is 6.07 Å². The van der Waals surface area contributed by atoms with Gasteiger partial charge >= 0.3 is 0 Å². The Balaban J connectivity index is 2.08. The number of carbonyl (C=O) groups excluding carboxylic acids is 1. The summed E-state index contributed by atoms with van der Waals surface area (Å²) in [6.07, 6.45) is 0. The van der Waals surface area contributed by atoms with E-state index in [0.29, 0.717) is 5.56 Å². The highest BCUT2D eigenvalue weighted by molar-refractivity contribution is 9.11. The van der Waals surface area contributed by atoms with Crippen molar-refractivity contribution in [3.05, 3.63) is 62.5 Å². The first-order chi connectivity index (χ1) is 9.95. The van der Waals surface area contributed by atoms with Crippen molar-refractivity contribution in [3.8, 4) is 0 Å². The first-order valence-electron chi connectivity index (χ1n) is 6.46. The molecule has 0 aliphatic carbocycles. The molecule has 0 fully saturated rings. The van der Waals surface area contributed by atoms with Crippen molar-refractivity contribution >= 4 is 43.5 Å². The molecule has 0 saturated heterocycles. The predicted molar refractivity (Wildman–Crippen MR) is 93.6 cm³/mol. The summed E-state index contributed by atoms with van der Waals surface area (Å²) >= 11 is 6.78. The number of amides is 1. The molecule has 0 saturated carbocycles. The Morgan fingerprint density at radius 1 is 1.10 bits per heavy atom. The van der Waals surface area contributed by atoms with Crippen LogP contribution in [0.2, 0.25) is 0 Å². The lowest BCUT2D eigenvalue weighted by molar-refractivity contribution is 0.102. The smallest absolute Gasteiger partial charge is 0.256 e. The van der Waals surface area contributed by atoms with Crippen molar-refractivity contribution in [2.24, 2.45) is 0 Å². The van der Waals surface area contributed by atoms with E-state index in [2.05, 4.69) is 42.1 Å². The number of nitrogens with zero attached hydrogens (tertiary/aromatic N) is 1. The van der Waals surface area contributed by atoms with Crippen LogP contribution in [0, 0.1) is 0 Å². The molecular formula is C16H16Br2N2O. The number of carbonyl (C=O) groups is 1. The lowest BCUT2D eigenvalue weighted by Crippen LogP contribution is -2.13. The molecule has 0 aliphatic rings. The Kier molecular flexibility index (Phi) is 5.56. The molecule has 1 amide bonds. The molecule has 2 rings (SSSR count). The molecule has 110 valence electrons.